The zero-order valence-corrected chi connectivity index (χ0v) is 16.1. The Bertz CT molecular complexity index is 989. The van der Waals surface area contributed by atoms with Gasteiger partial charge in [0.05, 0.1) is 6.54 Å². The number of aromatic nitrogens is 4. The van der Waals surface area contributed by atoms with Crippen molar-refractivity contribution in [2.45, 2.75) is 36.0 Å². The Labute approximate surface area is 167 Å². The van der Waals surface area contributed by atoms with Crippen LogP contribution in [0.15, 0.2) is 52.6 Å². The standard InChI is InChI=1S/C20H19FN6S/c21-15-7-9-17(10-8-15)27-18(14-26-11-2-1-3-12-26)24-25-20(27)28-19-6-4-5-16(13-22)23-19/h4-10H,1-3,11-12,14H2. The molecule has 8 heteroatoms. The van der Waals surface area contributed by atoms with Gasteiger partial charge in [-0.2, -0.15) is 5.26 Å². The SMILES string of the molecule is N#Cc1cccc(Sc2nnc(CN3CCCCC3)n2-c2ccc(F)cc2)n1. The van der Waals surface area contributed by atoms with Crippen molar-refractivity contribution in [1.29, 1.82) is 5.26 Å². The number of rotatable bonds is 5. The van der Waals surface area contributed by atoms with Gasteiger partial charge >= 0.3 is 0 Å². The summed E-state index contributed by atoms with van der Waals surface area (Å²) in [7, 11) is 0. The summed E-state index contributed by atoms with van der Waals surface area (Å²) in [6.07, 6.45) is 3.65. The van der Waals surface area contributed by atoms with Crippen LogP contribution in [0.25, 0.3) is 5.69 Å². The van der Waals surface area contributed by atoms with Gasteiger partial charge < -0.3 is 0 Å². The van der Waals surface area contributed by atoms with Crippen LogP contribution >= 0.6 is 11.8 Å². The van der Waals surface area contributed by atoms with Gasteiger partial charge in [0.1, 0.15) is 22.6 Å². The quantitative estimate of drug-likeness (QED) is 0.655. The minimum Gasteiger partial charge on any atom is -0.296 e. The maximum atomic E-state index is 13.4. The number of pyridine rings is 1. The topological polar surface area (TPSA) is 70.6 Å². The summed E-state index contributed by atoms with van der Waals surface area (Å²) < 4.78 is 15.4. The van der Waals surface area contributed by atoms with E-state index in [0.29, 0.717) is 22.4 Å². The van der Waals surface area contributed by atoms with Crippen LogP contribution in [0.5, 0.6) is 0 Å². The smallest absolute Gasteiger partial charge is 0.202 e. The Morgan fingerprint density at radius 1 is 1.04 bits per heavy atom. The van der Waals surface area contributed by atoms with E-state index < -0.39 is 0 Å². The predicted octanol–water partition coefficient (Wildman–Crippen LogP) is 3.81. The summed E-state index contributed by atoms with van der Waals surface area (Å²) in [6, 6.07) is 13.7. The normalized spacial score (nSPS) is 14.7. The Hall–Kier alpha value is -2.76. The summed E-state index contributed by atoms with van der Waals surface area (Å²) >= 11 is 1.34. The van der Waals surface area contributed by atoms with E-state index in [4.69, 9.17) is 5.26 Å². The zero-order chi connectivity index (χ0) is 19.3. The first-order chi connectivity index (χ1) is 13.7. The molecule has 0 bridgehead atoms. The third-order valence-electron chi connectivity index (χ3n) is 4.63. The number of benzene rings is 1. The second-order valence-electron chi connectivity index (χ2n) is 6.62. The molecular formula is C20H19FN6S. The highest BCUT2D eigenvalue weighted by atomic mass is 32.2. The molecule has 0 unspecified atom stereocenters. The number of halogens is 1. The van der Waals surface area contributed by atoms with Crippen molar-refractivity contribution >= 4 is 11.8 Å². The van der Waals surface area contributed by atoms with Crippen molar-refractivity contribution in [2.75, 3.05) is 13.1 Å². The fourth-order valence-corrected chi connectivity index (χ4v) is 4.12. The first kappa shape index (κ1) is 18.6. The van der Waals surface area contributed by atoms with Gasteiger partial charge in [0, 0.05) is 5.69 Å². The lowest BCUT2D eigenvalue weighted by atomic mass is 10.1. The van der Waals surface area contributed by atoms with E-state index in [0.717, 1.165) is 24.6 Å². The van der Waals surface area contributed by atoms with E-state index in [-0.39, 0.29) is 5.82 Å². The Morgan fingerprint density at radius 2 is 1.82 bits per heavy atom. The first-order valence-electron chi connectivity index (χ1n) is 9.20. The summed E-state index contributed by atoms with van der Waals surface area (Å²) in [5.74, 6) is 0.527. The molecule has 6 nitrogen and oxygen atoms in total. The third-order valence-corrected chi connectivity index (χ3v) is 5.52. The number of nitrogens with zero attached hydrogens (tertiary/aromatic N) is 6. The molecule has 1 aromatic carbocycles. The first-order valence-corrected chi connectivity index (χ1v) is 10.0. The number of hydrogen-bond donors (Lipinski definition) is 0. The van der Waals surface area contributed by atoms with Gasteiger partial charge in [-0.3, -0.25) is 9.47 Å². The molecular weight excluding hydrogens is 375 g/mol. The highest BCUT2D eigenvalue weighted by Gasteiger charge is 2.19. The molecule has 3 aromatic rings. The molecule has 0 spiro atoms. The van der Waals surface area contributed by atoms with Gasteiger partial charge in [-0.15, -0.1) is 10.2 Å². The fourth-order valence-electron chi connectivity index (χ4n) is 3.26. The fraction of sp³-hybridized carbons (Fsp3) is 0.300. The van der Waals surface area contributed by atoms with Crippen molar-refractivity contribution in [3.63, 3.8) is 0 Å². The Morgan fingerprint density at radius 3 is 2.57 bits per heavy atom. The van der Waals surface area contributed by atoms with E-state index in [1.54, 1.807) is 24.3 Å². The van der Waals surface area contributed by atoms with Crippen LogP contribution in [-0.4, -0.2) is 37.7 Å². The van der Waals surface area contributed by atoms with Gasteiger partial charge in [-0.1, -0.05) is 12.5 Å². The number of likely N-dealkylation sites (tertiary alicyclic amines) is 1. The van der Waals surface area contributed by atoms with Crippen molar-refractivity contribution in [3.05, 3.63) is 59.8 Å². The monoisotopic (exact) mass is 394 g/mol. The van der Waals surface area contributed by atoms with E-state index in [2.05, 4.69) is 20.1 Å². The van der Waals surface area contributed by atoms with Gasteiger partial charge in [-0.05, 0) is 74.1 Å². The molecule has 1 fully saturated rings. The van der Waals surface area contributed by atoms with Crippen LogP contribution in [0.4, 0.5) is 4.39 Å². The molecule has 0 saturated carbocycles. The lowest BCUT2D eigenvalue weighted by Gasteiger charge is -2.26. The van der Waals surface area contributed by atoms with Crippen LogP contribution in [-0.2, 0) is 6.54 Å². The third kappa shape index (κ3) is 4.21. The van der Waals surface area contributed by atoms with Gasteiger partial charge in [0.15, 0.2) is 5.82 Å². The van der Waals surface area contributed by atoms with Crippen molar-refractivity contribution in [2.24, 2.45) is 0 Å². The Kier molecular flexibility index (Phi) is 5.65. The molecule has 28 heavy (non-hydrogen) atoms. The van der Waals surface area contributed by atoms with Crippen LogP contribution in [0, 0.1) is 17.1 Å². The van der Waals surface area contributed by atoms with Crippen molar-refractivity contribution in [1.82, 2.24) is 24.6 Å². The lowest BCUT2D eigenvalue weighted by molar-refractivity contribution is 0.214. The Balaban J connectivity index is 1.68. The van der Waals surface area contributed by atoms with Gasteiger partial charge in [-0.25, -0.2) is 9.37 Å². The summed E-state index contributed by atoms with van der Waals surface area (Å²) in [5.41, 5.74) is 1.16. The average molecular weight is 394 g/mol. The number of nitriles is 1. The molecule has 1 saturated heterocycles. The minimum absolute atomic E-state index is 0.285. The van der Waals surface area contributed by atoms with Crippen LogP contribution in [0.1, 0.15) is 30.8 Å². The predicted molar refractivity (Wildman–Crippen MR) is 104 cm³/mol. The van der Waals surface area contributed by atoms with E-state index >= 15 is 0 Å². The second-order valence-corrected chi connectivity index (χ2v) is 7.61. The van der Waals surface area contributed by atoms with Crippen molar-refractivity contribution in [3.8, 4) is 11.8 Å². The maximum Gasteiger partial charge on any atom is 0.202 e. The maximum absolute atomic E-state index is 13.4. The highest BCUT2D eigenvalue weighted by molar-refractivity contribution is 7.99. The molecule has 142 valence electrons. The summed E-state index contributed by atoms with van der Waals surface area (Å²) in [5, 5.41) is 19.2. The van der Waals surface area contributed by atoms with Crippen LogP contribution < -0.4 is 0 Å². The molecule has 0 atom stereocenters. The van der Waals surface area contributed by atoms with E-state index in [9.17, 15) is 4.39 Å². The van der Waals surface area contributed by atoms with Crippen LogP contribution in [0.2, 0.25) is 0 Å². The van der Waals surface area contributed by atoms with Crippen LogP contribution in [0.3, 0.4) is 0 Å². The zero-order valence-electron chi connectivity index (χ0n) is 15.3. The van der Waals surface area contributed by atoms with Crippen molar-refractivity contribution < 1.29 is 4.39 Å². The summed E-state index contributed by atoms with van der Waals surface area (Å²) in [6.45, 7) is 2.78. The summed E-state index contributed by atoms with van der Waals surface area (Å²) in [4.78, 5) is 6.68. The number of hydrogen-bond acceptors (Lipinski definition) is 6. The molecule has 0 amide bonds. The molecule has 0 radical (unpaired) electrons. The molecule has 0 aliphatic carbocycles. The molecule has 1 aliphatic heterocycles. The van der Waals surface area contributed by atoms with E-state index in [1.807, 2.05) is 16.7 Å². The highest BCUT2D eigenvalue weighted by Crippen LogP contribution is 2.28. The molecule has 3 heterocycles. The van der Waals surface area contributed by atoms with Gasteiger partial charge in [0.2, 0.25) is 5.16 Å². The molecule has 0 N–H and O–H groups in total. The molecule has 2 aromatic heterocycles. The average Bonchev–Trinajstić information content (AvgIpc) is 3.11. The molecule has 4 rings (SSSR count). The second kappa shape index (κ2) is 8.50. The minimum atomic E-state index is -0.285. The lowest BCUT2D eigenvalue weighted by Crippen LogP contribution is -2.30. The van der Waals surface area contributed by atoms with Gasteiger partial charge in [0.25, 0.3) is 0 Å². The van der Waals surface area contributed by atoms with E-state index in [1.165, 1.54) is 43.2 Å². The number of piperidine rings is 1. The largest absolute Gasteiger partial charge is 0.296 e. The molecule has 1 aliphatic rings.